The van der Waals surface area contributed by atoms with Crippen molar-refractivity contribution in [1.29, 1.82) is 0 Å². The van der Waals surface area contributed by atoms with E-state index >= 15 is 0 Å². The highest BCUT2D eigenvalue weighted by atomic mass is 16.5. The molecule has 0 aliphatic rings. The lowest BCUT2D eigenvalue weighted by atomic mass is 9.90. The van der Waals surface area contributed by atoms with Crippen LogP contribution in [0.25, 0.3) is 22.2 Å². The van der Waals surface area contributed by atoms with Gasteiger partial charge in [-0.3, -0.25) is 9.48 Å². The quantitative estimate of drug-likeness (QED) is 0.277. The third-order valence-corrected chi connectivity index (χ3v) is 5.97. The molecule has 1 heterocycles. The molecule has 1 N–H and O–H groups in total. The van der Waals surface area contributed by atoms with Crippen molar-refractivity contribution in [2.45, 2.75) is 45.8 Å². The van der Waals surface area contributed by atoms with Gasteiger partial charge in [0.25, 0.3) is 0 Å². The molecule has 1 unspecified atom stereocenters. The van der Waals surface area contributed by atoms with Crippen molar-refractivity contribution in [3.63, 3.8) is 0 Å². The van der Waals surface area contributed by atoms with Crippen LogP contribution in [0.3, 0.4) is 0 Å². The highest BCUT2D eigenvalue weighted by Crippen LogP contribution is 2.31. The minimum absolute atomic E-state index is 0.0318. The molecule has 0 amide bonds. The zero-order valence-electron chi connectivity index (χ0n) is 19.9. The van der Waals surface area contributed by atoms with Gasteiger partial charge in [-0.2, -0.15) is 5.10 Å². The molecule has 3 aromatic carbocycles. The van der Waals surface area contributed by atoms with E-state index in [2.05, 4.69) is 55.4 Å². The molecule has 0 fully saturated rings. The molecule has 0 bridgehead atoms. The van der Waals surface area contributed by atoms with E-state index in [1.807, 2.05) is 49.4 Å². The molecule has 1 atom stereocenters. The van der Waals surface area contributed by atoms with Gasteiger partial charge >= 0.3 is 5.97 Å². The third kappa shape index (κ3) is 5.04. The largest absolute Gasteiger partial charge is 0.489 e. The fourth-order valence-corrected chi connectivity index (χ4v) is 4.19. The predicted octanol–water partition coefficient (Wildman–Crippen LogP) is 7.00. The van der Waals surface area contributed by atoms with E-state index in [-0.39, 0.29) is 18.4 Å². The predicted molar refractivity (Wildman–Crippen MR) is 136 cm³/mol. The summed E-state index contributed by atoms with van der Waals surface area (Å²) in [5, 5.41) is 15.2. The Morgan fingerprint density at radius 3 is 2.38 bits per heavy atom. The molecule has 0 aliphatic heterocycles. The number of aliphatic carboxylic acids is 1. The summed E-state index contributed by atoms with van der Waals surface area (Å²) in [6, 6.07) is 24.4. The third-order valence-electron chi connectivity index (χ3n) is 5.97. The zero-order chi connectivity index (χ0) is 24.2. The van der Waals surface area contributed by atoms with Crippen molar-refractivity contribution in [2.75, 3.05) is 0 Å². The molecule has 5 heteroatoms. The van der Waals surface area contributed by atoms with Crippen LogP contribution in [0.4, 0.5) is 0 Å². The zero-order valence-corrected chi connectivity index (χ0v) is 19.9. The number of ether oxygens (including phenoxy) is 1. The first-order valence-electron chi connectivity index (χ1n) is 11.5. The number of hydrogen-bond donors (Lipinski definition) is 1. The van der Waals surface area contributed by atoms with Crippen LogP contribution in [0.2, 0.25) is 0 Å². The smallest absolute Gasteiger partial charge is 0.304 e. The topological polar surface area (TPSA) is 64.3 Å². The molecule has 4 rings (SSSR count). The van der Waals surface area contributed by atoms with Gasteiger partial charge in [0, 0.05) is 22.9 Å². The summed E-state index contributed by atoms with van der Waals surface area (Å²) in [6.45, 7) is 10.5. The van der Waals surface area contributed by atoms with E-state index in [4.69, 9.17) is 9.84 Å². The summed E-state index contributed by atoms with van der Waals surface area (Å²) >= 11 is 0. The summed E-state index contributed by atoms with van der Waals surface area (Å²) < 4.78 is 8.11. The van der Waals surface area contributed by atoms with Gasteiger partial charge in [-0.1, -0.05) is 66.7 Å². The molecule has 5 nitrogen and oxygen atoms in total. The first kappa shape index (κ1) is 23.3. The standard InChI is InChI=1S/C29H30N2O3/c1-19(2)26(17-28(32)33)22-11-13-24(14-12-22)34-18-21-10-15-25-27(16-21)31(20(3)4)30-29(25)23-8-6-5-7-9-23/h5-16,20,26H,1,17-18H2,2-4H3,(H,32,33). The number of rotatable bonds is 9. The van der Waals surface area contributed by atoms with E-state index in [1.165, 1.54) is 0 Å². The Morgan fingerprint density at radius 1 is 1.06 bits per heavy atom. The van der Waals surface area contributed by atoms with Gasteiger partial charge in [-0.05, 0) is 50.1 Å². The number of nitrogens with zero attached hydrogens (tertiary/aromatic N) is 2. The van der Waals surface area contributed by atoms with Crippen molar-refractivity contribution in [1.82, 2.24) is 9.78 Å². The number of benzene rings is 3. The summed E-state index contributed by atoms with van der Waals surface area (Å²) in [5.41, 5.74) is 6.00. The highest BCUT2D eigenvalue weighted by Gasteiger charge is 2.17. The van der Waals surface area contributed by atoms with Gasteiger partial charge in [-0.15, -0.1) is 0 Å². The van der Waals surface area contributed by atoms with Crippen LogP contribution < -0.4 is 4.74 Å². The van der Waals surface area contributed by atoms with Gasteiger partial charge in [-0.25, -0.2) is 0 Å². The number of hydrogen-bond acceptors (Lipinski definition) is 3. The SMILES string of the molecule is C=C(C)C(CC(=O)O)c1ccc(OCc2ccc3c(-c4ccccc4)nn(C(C)C)c3c2)cc1. The maximum absolute atomic E-state index is 11.2. The summed E-state index contributed by atoms with van der Waals surface area (Å²) in [6.07, 6.45) is 0.0318. The Labute approximate surface area is 200 Å². The van der Waals surface area contributed by atoms with E-state index in [0.29, 0.717) is 6.61 Å². The van der Waals surface area contributed by atoms with E-state index in [9.17, 15) is 9.90 Å². The Kier molecular flexibility index (Phi) is 6.82. The van der Waals surface area contributed by atoms with Crippen LogP contribution in [-0.4, -0.2) is 20.9 Å². The summed E-state index contributed by atoms with van der Waals surface area (Å²) in [4.78, 5) is 11.2. The normalized spacial score (nSPS) is 12.1. The fourth-order valence-electron chi connectivity index (χ4n) is 4.19. The van der Waals surface area contributed by atoms with Crippen LogP contribution in [-0.2, 0) is 11.4 Å². The summed E-state index contributed by atoms with van der Waals surface area (Å²) in [7, 11) is 0. The van der Waals surface area contributed by atoms with Crippen molar-refractivity contribution in [3.05, 3.63) is 96.1 Å². The number of aromatic nitrogens is 2. The van der Waals surface area contributed by atoms with Crippen LogP contribution >= 0.6 is 0 Å². The Balaban J connectivity index is 1.54. The van der Waals surface area contributed by atoms with Gasteiger partial charge in [0.15, 0.2) is 0 Å². The number of fused-ring (bicyclic) bond motifs is 1. The number of allylic oxidation sites excluding steroid dienone is 1. The molecule has 0 saturated heterocycles. The van der Waals surface area contributed by atoms with E-state index in [1.54, 1.807) is 0 Å². The minimum atomic E-state index is -0.834. The van der Waals surface area contributed by atoms with Crippen LogP contribution in [0.15, 0.2) is 84.9 Å². The van der Waals surface area contributed by atoms with Crippen LogP contribution in [0.1, 0.15) is 50.3 Å². The molecular formula is C29H30N2O3. The second kappa shape index (κ2) is 9.96. The molecule has 1 aromatic heterocycles. The van der Waals surface area contributed by atoms with Gasteiger partial charge in [0.1, 0.15) is 18.1 Å². The lowest BCUT2D eigenvalue weighted by molar-refractivity contribution is -0.137. The number of carboxylic acids is 1. The molecule has 34 heavy (non-hydrogen) atoms. The molecule has 0 spiro atoms. The van der Waals surface area contributed by atoms with Gasteiger partial charge < -0.3 is 9.84 Å². The molecular weight excluding hydrogens is 424 g/mol. The lowest BCUT2D eigenvalue weighted by Gasteiger charge is -2.16. The van der Waals surface area contributed by atoms with E-state index in [0.717, 1.165) is 44.6 Å². The maximum Gasteiger partial charge on any atom is 0.304 e. The molecule has 0 aliphatic carbocycles. The Morgan fingerprint density at radius 2 is 1.76 bits per heavy atom. The lowest BCUT2D eigenvalue weighted by Crippen LogP contribution is -2.07. The first-order valence-corrected chi connectivity index (χ1v) is 11.5. The number of carbonyl (C=O) groups is 1. The summed E-state index contributed by atoms with van der Waals surface area (Å²) in [5.74, 6) is -0.300. The van der Waals surface area contributed by atoms with Crippen molar-refractivity contribution < 1.29 is 14.6 Å². The highest BCUT2D eigenvalue weighted by molar-refractivity contribution is 5.93. The van der Waals surface area contributed by atoms with Gasteiger partial charge in [0.05, 0.1) is 11.9 Å². The fraction of sp³-hybridized carbons (Fsp3) is 0.241. The van der Waals surface area contributed by atoms with Crippen LogP contribution in [0, 0.1) is 0 Å². The molecule has 0 saturated carbocycles. The Bertz CT molecular complexity index is 1300. The van der Waals surface area contributed by atoms with Gasteiger partial charge in [0.2, 0.25) is 0 Å². The minimum Gasteiger partial charge on any atom is -0.489 e. The molecule has 0 radical (unpaired) electrons. The maximum atomic E-state index is 11.2. The first-order chi connectivity index (χ1) is 16.3. The monoisotopic (exact) mass is 454 g/mol. The van der Waals surface area contributed by atoms with Crippen molar-refractivity contribution >= 4 is 16.9 Å². The van der Waals surface area contributed by atoms with E-state index < -0.39 is 5.97 Å². The Hall–Kier alpha value is -3.86. The molecule has 174 valence electrons. The van der Waals surface area contributed by atoms with Crippen molar-refractivity contribution in [2.24, 2.45) is 0 Å². The second-order valence-electron chi connectivity index (χ2n) is 8.96. The van der Waals surface area contributed by atoms with Crippen molar-refractivity contribution in [3.8, 4) is 17.0 Å². The van der Waals surface area contributed by atoms with Crippen LogP contribution in [0.5, 0.6) is 5.75 Å². The number of carboxylic acid groups (broad SMARTS) is 1. The second-order valence-corrected chi connectivity index (χ2v) is 8.96. The molecule has 4 aromatic rings. The average Bonchev–Trinajstić information content (AvgIpc) is 3.21. The average molecular weight is 455 g/mol.